The number of ketones is 1. The van der Waals surface area contributed by atoms with Crippen LogP contribution in [0.25, 0.3) is 0 Å². The lowest BCUT2D eigenvalue weighted by Crippen LogP contribution is -2.50. The fraction of sp³-hybridized carbons (Fsp3) is 0.300. The molecule has 0 spiro atoms. The molecule has 0 atom stereocenters. The normalized spacial score (nSPS) is 15.3. The maximum atomic E-state index is 12.8. The number of benzene rings is 2. The fourth-order valence-corrected chi connectivity index (χ4v) is 5.31. The first-order valence-electron chi connectivity index (χ1n) is 9.10. The van der Waals surface area contributed by atoms with Crippen LogP contribution in [-0.4, -0.2) is 55.5 Å². The van der Waals surface area contributed by atoms with E-state index in [1.54, 1.807) is 41.3 Å². The van der Waals surface area contributed by atoms with Crippen molar-refractivity contribution in [3.63, 3.8) is 0 Å². The maximum Gasteiger partial charge on any atom is 0.244 e. The lowest BCUT2D eigenvalue weighted by molar-refractivity contribution is -0.132. The predicted octanol–water partition coefficient (Wildman–Crippen LogP) is 3.60. The number of amides is 1. The molecule has 1 aliphatic rings. The fourth-order valence-electron chi connectivity index (χ4n) is 3.13. The number of nitrogens with zero attached hydrogens (tertiary/aromatic N) is 2. The molecule has 6 nitrogen and oxygen atoms in total. The van der Waals surface area contributed by atoms with Gasteiger partial charge in [-0.2, -0.15) is 4.31 Å². The molecule has 0 aromatic heterocycles. The summed E-state index contributed by atoms with van der Waals surface area (Å²) in [6.45, 7) is 0.962. The standard InChI is InChI=1S/C20H20BrClN2O4S/c21-16-7-5-15(6-8-16)18(25)9-10-20(26)23-11-13-24(14-12-23)29(27,28)19-4-2-1-3-17(19)22/h1-8H,9-14H2. The molecule has 2 aromatic rings. The Kier molecular flexibility index (Phi) is 7.10. The molecule has 1 saturated heterocycles. The molecule has 1 fully saturated rings. The Hall–Kier alpha value is -1.74. The van der Waals surface area contributed by atoms with Crippen molar-refractivity contribution in [3.05, 3.63) is 63.6 Å². The van der Waals surface area contributed by atoms with Gasteiger partial charge in [0.2, 0.25) is 15.9 Å². The number of Topliss-reactive ketones (excluding diaryl/α,β-unsaturated/α-hetero) is 1. The highest BCUT2D eigenvalue weighted by Crippen LogP contribution is 2.25. The van der Waals surface area contributed by atoms with Crippen LogP contribution in [0.3, 0.4) is 0 Å². The van der Waals surface area contributed by atoms with E-state index in [9.17, 15) is 18.0 Å². The number of carbonyl (C=O) groups is 2. The third-order valence-electron chi connectivity index (χ3n) is 4.78. The molecule has 0 unspecified atom stereocenters. The molecular formula is C20H20BrClN2O4S. The van der Waals surface area contributed by atoms with Crippen molar-refractivity contribution < 1.29 is 18.0 Å². The number of halogens is 2. The summed E-state index contributed by atoms with van der Waals surface area (Å²) in [5.41, 5.74) is 0.566. The topological polar surface area (TPSA) is 74.8 Å². The first-order chi connectivity index (χ1) is 13.8. The quantitative estimate of drug-likeness (QED) is 0.569. The van der Waals surface area contributed by atoms with Gasteiger partial charge in [0.15, 0.2) is 5.78 Å². The van der Waals surface area contributed by atoms with E-state index < -0.39 is 10.0 Å². The van der Waals surface area contributed by atoms with Gasteiger partial charge in [-0.25, -0.2) is 8.42 Å². The Morgan fingerprint density at radius 1 is 0.931 bits per heavy atom. The summed E-state index contributed by atoms with van der Waals surface area (Å²) in [5, 5.41) is 0.178. The zero-order chi connectivity index (χ0) is 21.0. The molecule has 154 valence electrons. The third-order valence-corrected chi connectivity index (χ3v) is 7.71. The van der Waals surface area contributed by atoms with Crippen LogP contribution < -0.4 is 0 Å². The first-order valence-corrected chi connectivity index (χ1v) is 11.7. The zero-order valence-electron chi connectivity index (χ0n) is 15.6. The van der Waals surface area contributed by atoms with Crippen LogP contribution in [0, 0.1) is 0 Å². The van der Waals surface area contributed by atoms with Crippen molar-refractivity contribution in [2.75, 3.05) is 26.2 Å². The summed E-state index contributed by atoms with van der Waals surface area (Å²) >= 11 is 9.35. The van der Waals surface area contributed by atoms with Gasteiger partial charge in [-0.15, -0.1) is 0 Å². The van der Waals surface area contributed by atoms with Crippen molar-refractivity contribution in [1.82, 2.24) is 9.21 Å². The van der Waals surface area contributed by atoms with Gasteiger partial charge >= 0.3 is 0 Å². The van der Waals surface area contributed by atoms with E-state index >= 15 is 0 Å². The minimum atomic E-state index is -3.70. The van der Waals surface area contributed by atoms with Crippen molar-refractivity contribution in [1.29, 1.82) is 0 Å². The lowest BCUT2D eigenvalue weighted by atomic mass is 10.1. The van der Waals surface area contributed by atoms with Crippen LogP contribution in [0.15, 0.2) is 57.9 Å². The van der Waals surface area contributed by atoms with Crippen molar-refractivity contribution in [2.24, 2.45) is 0 Å². The van der Waals surface area contributed by atoms with Crippen LogP contribution in [0.5, 0.6) is 0 Å². The van der Waals surface area contributed by atoms with Crippen LogP contribution in [-0.2, 0) is 14.8 Å². The van der Waals surface area contributed by atoms with E-state index in [2.05, 4.69) is 15.9 Å². The molecule has 1 amide bonds. The van der Waals surface area contributed by atoms with E-state index in [4.69, 9.17) is 11.6 Å². The van der Waals surface area contributed by atoms with Gasteiger partial charge in [-0.3, -0.25) is 9.59 Å². The second-order valence-electron chi connectivity index (χ2n) is 6.65. The molecule has 0 radical (unpaired) electrons. The van der Waals surface area contributed by atoms with Gasteiger partial charge in [-0.1, -0.05) is 51.8 Å². The van der Waals surface area contributed by atoms with Crippen LogP contribution >= 0.6 is 27.5 Å². The largest absolute Gasteiger partial charge is 0.340 e. The second-order valence-corrected chi connectivity index (χ2v) is 9.87. The summed E-state index contributed by atoms with van der Waals surface area (Å²) in [6, 6.07) is 13.3. The summed E-state index contributed by atoms with van der Waals surface area (Å²) in [6.07, 6.45) is 0.227. The average molecular weight is 500 g/mol. The third kappa shape index (κ3) is 5.25. The number of hydrogen-bond donors (Lipinski definition) is 0. The summed E-state index contributed by atoms with van der Waals surface area (Å²) in [4.78, 5) is 26.4. The number of carbonyl (C=O) groups excluding carboxylic acids is 2. The van der Waals surface area contributed by atoms with Gasteiger partial charge in [0, 0.05) is 49.1 Å². The Balaban J connectivity index is 1.53. The van der Waals surface area contributed by atoms with Gasteiger partial charge < -0.3 is 4.90 Å². The molecule has 2 aromatic carbocycles. The molecule has 29 heavy (non-hydrogen) atoms. The number of rotatable bonds is 6. The molecule has 0 aliphatic carbocycles. The average Bonchev–Trinajstić information content (AvgIpc) is 2.72. The minimum absolute atomic E-state index is 0.0709. The summed E-state index contributed by atoms with van der Waals surface area (Å²) in [7, 11) is -3.70. The van der Waals surface area contributed by atoms with Crippen LogP contribution in [0.2, 0.25) is 5.02 Å². The van der Waals surface area contributed by atoms with E-state index in [0.29, 0.717) is 5.56 Å². The molecule has 1 heterocycles. The zero-order valence-corrected chi connectivity index (χ0v) is 18.7. The van der Waals surface area contributed by atoms with Crippen molar-refractivity contribution in [2.45, 2.75) is 17.7 Å². The Morgan fingerprint density at radius 3 is 2.17 bits per heavy atom. The lowest BCUT2D eigenvalue weighted by Gasteiger charge is -2.34. The summed E-state index contributed by atoms with van der Waals surface area (Å²) < 4.78 is 27.8. The van der Waals surface area contributed by atoms with Crippen molar-refractivity contribution >= 4 is 49.2 Å². The van der Waals surface area contributed by atoms with E-state index in [1.165, 1.54) is 16.4 Å². The molecule has 0 N–H and O–H groups in total. The van der Waals surface area contributed by atoms with Gasteiger partial charge in [-0.05, 0) is 24.3 Å². The molecular weight excluding hydrogens is 480 g/mol. The predicted molar refractivity (Wildman–Crippen MR) is 114 cm³/mol. The molecule has 0 saturated carbocycles. The van der Waals surface area contributed by atoms with E-state index in [0.717, 1.165) is 4.47 Å². The molecule has 3 rings (SSSR count). The Morgan fingerprint density at radius 2 is 1.55 bits per heavy atom. The van der Waals surface area contributed by atoms with Crippen LogP contribution in [0.1, 0.15) is 23.2 Å². The first kappa shape index (κ1) is 22.0. The monoisotopic (exact) mass is 498 g/mol. The highest BCUT2D eigenvalue weighted by Gasteiger charge is 2.31. The Labute approximate surface area is 183 Å². The van der Waals surface area contributed by atoms with Crippen LogP contribution in [0.4, 0.5) is 0 Å². The van der Waals surface area contributed by atoms with Gasteiger partial charge in [0.1, 0.15) is 4.90 Å². The van der Waals surface area contributed by atoms with Gasteiger partial charge in [0.05, 0.1) is 5.02 Å². The number of sulfonamides is 1. The number of hydrogen-bond acceptors (Lipinski definition) is 4. The Bertz CT molecular complexity index is 1000. The van der Waals surface area contributed by atoms with E-state index in [-0.39, 0.29) is 60.6 Å². The van der Waals surface area contributed by atoms with Gasteiger partial charge in [0.25, 0.3) is 0 Å². The smallest absolute Gasteiger partial charge is 0.244 e. The molecule has 1 aliphatic heterocycles. The molecule has 0 bridgehead atoms. The number of piperazine rings is 1. The minimum Gasteiger partial charge on any atom is -0.340 e. The van der Waals surface area contributed by atoms with E-state index in [1.807, 2.05) is 0 Å². The maximum absolute atomic E-state index is 12.8. The second kappa shape index (κ2) is 9.38. The highest BCUT2D eigenvalue weighted by molar-refractivity contribution is 9.10. The van der Waals surface area contributed by atoms with Crippen molar-refractivity contribution in [3.8, 4) is 0 Å². The highest BCUT2D eigenvalue weighted by atomic mass is 79.9. The summed E-state index contributed by atoms with van der Waals surface area (Å²) in [5.74, 6) is -0.240. The molecule has 9 heteroatoms. The SMILES string of the molecule is O=C(CCC(=O)N1CCN(S(=O)(=O)c2ccccc2Cl)CC1)c1ccc(Br)cc1.